The van der Waals surface area contributed by atoms with Crippen LogP contribution in [0.5, 0.6) is 0 Å². The number of carbonyl (C=O) groups is 1. The van der Waals surface area contributed by atoms with Gasteiger partial charge in [-0.25, -0.2) is 0 Å². The first-order valence-electron chi connectivity index (χ1n) is 15.4. The summed E-state index contributed by atoms with van der Waals surface area (Å²) >= 11 is 0. The van der Waals surface area contributed by atoms with Gasteiger partial charge in [0.2, 0.25) is 0 Å². The van der Waals surface area contributed by atoms with E-state index in [1.54, 1.807) is 0 Å². The van der Waals surface area contributed by atoms with Gasteiger partial charge in [0.15, 0.2) is 0 Å². The van der Waals surface area contributed by atoms with Crippen molar-refractivity contribution in [3.8, 4) is 11.1 Å². The third kappa shape index (κ3) is 6.32. The molecule has 1 atom stereocenters. The number of nitrogens with zero attached hydrogens (tertiary/aromatic N) is 1. The number of fused-ring (bicyclic) bond motifs is 1. The van der Waals surface area contributed by atoms with E-state index >= 15 is 0 Å². The summed E-state index contributed by atoms with van der Waals surface area (Å²) in [5.41, 5.74) is 12.0. The Morgan fingerprint density at radius 1 is 0.791 bits per heavy atom. The number of benzene rings is 4. The fourth-order valence-electron chi connectivity index (χ4n) is 5.99. The average molecular weight is 571 g/mol. The molecular weight excluding hydrogens is 524 g/mol. The van der Waals surface area contributed by atoms with E-state index in [0.717, 1.165) is 23.0 Å². The summed E-state index contributed by atoms with van der Waals surface area (Å²) < 4.78 is 2.36. The molecule has 0 spiro atoms. The van der Waals surface area contributed by atoms with E-state index in [9.17, 15) is 4.79 Å². The maximum absolute atomic E-state index is 13.3. The molecule has 4 aromatic carbocycles. The molecule has 0 radical (unpaired) electrons. The van der Waals surface area contributed by atoms with Gasteiger partial charge in [-0.2, -0.15) is 0 Å². The Morgan fingerprint density at radius 2 is 1.44 bits per heavy atom. The number of carbonyl (C=O) groups excluding carboxylic acids is 1. The van der Waals surface area contributed by atoms with Crippen molar-refractivity contribution >= 4 is 16.8 Å². The van der Waals surface area contributed by atoms with Crippen molar-refractivity contribution in [3.63, 3.8) is 0 Å². The third-order valence-corrected chi connectivity index (χ3v) is 8.87. The van der Waals surface area contributed by atoms with Crippen LogP contribution in [0, 0.1) is 13.8 Å². The van der Waals surface area contributed by atoms with Gasteiger partial charge in [0.25, 0.3) is 5.91 Å². The standard InChI is InChI=1S/C40H46N2O/c1-26-28(3)42(25-29-14-16-31(17-15-29)34-12-10-11-13-36(34)40(7,8)9)37-23-20-32(24-35(26)37)38(43)41-27(2)30-18-21-33(22-19-30)39(4,5)6/h10-24,27H,25H2,1-9H3,(H,41,43)/t27-/m0/s1. The minimum Gasteiger partial charge on any atom is -0.346 e. The highest BCUT2D eigenvalue weighted by Crippen LogP contribution is 2.34. The molecule has 222 valence electrons. The van der Waals surface area contributed by atoms with Crippen LogP contribution in [0.25, 0.3) is 22.0 Å². The molecule has 5 aromatic rings. The molecule has 0 aliphatic rings. The molecule has 1 aromatic heterocycles. The molecule has 0 saturated heterocycles. The van der Waals surface area contributed by atoms with Crippen molar-refractivity contribution in [2.75, 3.05) is 0 Å². The van der Waals surface area contributed by atoms with E-state index in [1.807, 2.05) is 19.1 Å². The average Bonchev–Trinajstić information content (AvgIpc) is 3.21. The first kappa shape index (κ1) is 30.4. The molecule has 0 aliphatic carbocycles. The summed E-state index contributed by atoms with van der Waals surface area (Å²) in [6.07, 6.45) is 0. The molecule has 1 N–H and O–H groups in total. The Bertz CT molecular complexity index is 1760. The van der Waals surface area contributed by atoms with Crippen LogP contribution in [0.15, 0.2) is 91.0 Å². The highest BCUT2D eigenvalue weighted by atomic mass is 16.1. The number of amides is 1. The molecule has 0 aliphatic heterocycles. The predicted octanol–water partition coefficient (Wildman–Crippen LogP) is 10.1. The van der Waals surface area contributed by atoms with Gasteiger partial charge in [0, 0.05) is 28.7 Å². The Balaban J connectivity index is 1.35. The highest BCUT2D eigenvalue weighted by Gasteiger charge is 2.20. The summed E-state index contributed by atoms with van der Waals surface area (Å²) in [5.74, 6) is -0.0507. The highest BCUT2D eigenvalue weighted by molar-refractivity contribution is 5.99. The lowest BCUT2D eigenvalue weighted by Crippen LogP contribution is -2.26. The number of rotatable bonds is 6. The van der Waals surface area contributed by atoms with Gasteiger partial charge in [0.1, 0.15) is 0 Å². The number of hydrogen-bond acceptors (Lipinski definition) is 1. The van der Waals surface area contributed by atoms with E-state index in [2.05, 4.69) is 144 Å². The summed E-state index contributed by atoms with van der Waals surface area (Å²) in [7, 11) is 0. The van der Waals surface area contributed by atoms with Gasteiger partial charge in [-0.1, -0.05) is 114 Å². The zero-order chi connectivity index (χ0) is 31.1. The van der Waals surface area contributed by atoms with Crippen LogP contribution in [-0.2, 0) is 17.4 Å². The van der Waals surface area contributed by atoms with Crippen LogP contribution in [0.3, 0.4) is 0 Å². The van der Waals surface area contributed by atoms with E-state index in [4.69, 9.17) is 0 Å². The van der Waals surface area contributed by atoms with Crippen LogP contribution in [0.2, 0.25) is 0 Å². The Hall–Kier alpha value is -4.11. The number of hydrogen-bond donors (Lipinski definition) is 1. The maximum Gasteiger partial charge on any atom is 0.251 e. The first-order chi connectivity index (χ1) is 20.2. The maximum atomic E-state index is 13.3. The molecule has 3 heteroatoms. The number of aromatic nitrogens is 1. The summed E-state index contributed by atoms with van der Waals surface area (Å²) in [4.78, 5) is 13.3. The molecule has 0 unspecified atom stereocenters. The topological polar surface area (TPSA) is 34.0 Å². The lowest BCUT2D eigenvalue weighted by atomic mass is 9.82. The Morgan fingerprint density at radius 3 is 2.07 bits per heavy atom. The van der Waals surface area contributed by atoms with Crippen molar-refractivity contribution in [1.29, 1.82) is 0 Å². The third-order valence-electron chi connectivity index (χ3n) is 8.87. The van der Waals surface area contributed by atoms with Gasteiger partial charge in [-0.3, -0.25) is 4.79 Å². The van der Waals surface area contributed by atoms with Crippen LogP contribution in [-0.4, -0.2) is 10.5 Å². The van der Waals surface area contributed by atoms with Gasteiger partial charge < -0.3 is 9.88 Å². The lowest BCUT2D eigenvalue weighted by Gasteiger charge is -2.23. The van der Waals surface area contributed by atoms with E-state index in [0.29, 0.717) is 5.56 Å². The summed E-state index contributed by atoms with van der Waals surface area (Å²) in [6, 6.07) is 32.3. The lowest BCUT2D eigenvalue weighted by molar-refractivity contribution is 0.0940. The predicted molar refractivity (Wildman–Crippen MR) is 182 cm³/mol. The number of aryl methyl sites for hydroxylation is 1. The summed E-state index contributed by atoms with van der Waals surface area (Å²) in [6.45, 7) is 20.6. The molecule has 43 heavy (non-hydrogen) atoms. The monoisotopic (exact) mass is 570 g/mol. The number of nitrogens with one attached hydrogen (secondary N) is 1. The second kappa shape index (κ2) is 11.5. The largest absolute Gasteiger partial charge is 0.346 e. The van der Waals surface area contributed by atoms with E-state index in [1.165, 1.54) is 39.1 Å². The SMILES string of the molecule is Cc1c(C)n(Cc2ccc(-c3ccccc3C(C)(C)C)cc2)c2ccc(C(=O)N[C@@H](C)c3ccc(C(C)(C)C)cc3)cc12. The minimum absolute atomic E-state index is 0.0507. The van der Waals surface area contributed by atoms with Crippen molar-refractivity contribution in [2.24, 2.45) is 0 Å². The quantitative estimate of drug-likeness (QED) is 0.216. The van der Waals surface area contributed by atoms with Crippen LogP contribution in [0.4, 0.5) is 0 Å². The van der Waals surface area contributed by atoms with Crippen molar-refractivity contribution in [2.45, 2.75) is 85.7 Å². The Kier molecular flexibility index (Phi) is 8.13. The summed E-state index contributed by atoms with van der Waals surface area (Å²) in [5, 5.41) is 4.33. The van der Waals surface area contributed by atoms with Crippen LogP contribution < -0.4 is 5.32 Å². The molecule has 3 nitrogen and oxygen atoms in total. The Labute approximate surface area is 258 Å². The van der Waals surface area contributed by atoms with Crippen molar-refractivity contribution < 1.29 is 4.79 Å². The first-order valence-corrected chi connectivity index (χ1v) is 15.4. The second-order valence-corrected chi connectivity index (χ2v) is 14.1. The fourth-order valence-corrected chi connectivity index (χ4v) is 5.99. The molecule has 0 fully saturated rings. The molecular formula is C40H46N2O. The van der Waals surface area contributed by atoms with Crippen molar-refractivity contribution in [3.05, 3.63) is 130 Å². The molecule has 0 bridgehead atoms. The molecule has 5 rings (SSSR count). The fraction of sp³-hybridized carbons (Fsp3) is 0.325. The molecule has 1 heterocycles. The van der Waals surface area contributed by atoms with E-state index < -0.39 is 0 Å². The van der Waals surface area contributed by atoms with Crippen LogP contribution in [0.1, 0.15) is 98.4 Å². The molecule has 0 saturated carbocycles. The van der Waals surface area contributed by atoms with Gasteiger partial charge >= 0.3 is 0 Å². The van der Waals surface area contributed by atoms with Gasteiger partial charge in [-0.15, -0.1) is 0 Å². The van der Waals surface area contributed by atoms with E-state index in [-0.39, 0.29) is 22.8 Å². The minimum atomic E-state index is -0.0806. The second-order valence-electron chi connectivity index (χ2n) is 14.1. The van der Waals surface area contributed by atoms with Crippen molar-refractivity contribution in [1.82, 2.24) is 9.88 Å². The normalized spacial score (nSPS) is 12.9. The smallest absolute Gasteiger partial charge is 0.251 e. The zero-order valence-corrected chi connectivity index (χ0v) is 27.3. The zero-order valence-electron chi connectivity index (χ0n) is 27.3. The van der Waals surface area contributed by atoms with Gasteiger partial charge in [0.05, 0.1) is 6.04 Å². The van der Waals surface area contributed by atoms with Gasteiger partial charge in [-0.05, 0) is 88.7 Å². The van der Waals surface area contributed by atoms with Crippen LogP contribution >= 0.6 is 0 Å². The molecule has 1 amide bonds.